The summed E-state index contributed by atoms with van der Waals surface area (Å²) in [4.78, 5) is 24.7. The molecular weight excluding hydrogens is 216 g/mol. The highest BCUT2D eigenvalue weighted by molar-refractivity contribution is 6.26. The van der Waals surface area contributed by atoms with Crippen LogP contribution in [-0.2, 0) is 0 Å². The molecule has 0 spiro atoms. The second-order valence-corrected chi connectivity index (χ2v) is 4.97. The molecule has 1 aromatic heterocycles. The lowest BCUT2D eigenvalue weighted by Crippen LogP contribution is -2.27. The average molecular weight is 230 g/mol. The first kappa shape index (κ1) is 10.5. The third-order valence-electron chi connectivity index (χ3n) is 3.81. The van der Waals surface area contributed by atoms with Crippen molar-refractivity contribution >= 4 is 11.6 Å². The fourth-order valence-corrected chi connectivity index (χ4v) is 2.92. The number of allylic oxidation sites excluding steroid dienone is 2. The normalized spacial score (nSPS) is 23.8. The lowest BCUT2D eigenvalue weighted by Gasteiger charge is -2.27. The Balaban J connectivity index is 2.24. The molecule has 2 aliphatic rings. The summed E-state index contributed by atoms with van der Waals surface area (Å²) >= 11 is 0. The second kappa shape index (κ2) is 3.42. The number of rotatable bonds is 0. The minimum atomic E-state index is -0.0748. The summed E-state index contributed by atoms with van der Waals surface area (Å²) in [5.74, 6) is 0.375. The van der Waals surface area contributed by atoms with Crippen molar-refractivity contribution in [3.63, 3.8) is 0 Å². The molecule has 0 radical (unpaired) electrons. The zero-order chi connectivity index (χ0) is 12.2. The third-order valence-corrected chi connectivity index (χ3v) is 3.81. The van der Waals surface area contributed by atoms with Crippen molar-refractivity contribution < 1.29 is 14.0 Å². The van der Waals surface area contributed by atoms with Crippen LogP contribution in [0.5, 0.6) is 0 Å². The molecule has 1 atom stereocenters. The van der Waals surface area contributed by atoms with Gasteiger partial charge in [-0.15, -0.1) is 0 Å². The van der Waals surface area contributed by atoms with Crippen LogP contribution >= 0.6 is 0 Å². The van der Waals surface area contributed by atoms with E-state index in [-0.39, 0.29) is 23.2 Å². The molecule has 88 valence electrons. The van der Waals surface area contributed by atoms with E-state index < -0.39 is 0 Å². The molecule has 0 N–H and O–H groups in total. The summed E-state index contributed by atoms with van der Waals surface area (Å²) < 4.78 is 5.25. The van der Waals surface area contributed by atoms with Crippen LogP contribution in [0.25, 0.3) is 0 Å². The maximum absolute atomic E-state index is 12.4. The first-order chi connectivity index (χ1) is 8.11. The highest BCUT2D eigenvalue weighted by Crippen LogP contribution is 2.39. The quantitative estimate of drug-likeness (QED) is 0.688. The van der Waals surface area contributed by atoms with Gasteiger partial charge in [0.25, 0.3) is 0 Å². The van der Waals surface area contributed by atoms with E-state index in [9.17, 15) is 9.59 Å². The molecule has 3 rings (SSSR count). The molecule has 0 saturated heterocycles. The molecular formula is C14H14O3. The summed E-state index contributed by atoms with van der Waals surface area (Å²) in [6.07, 6.45) is 4.19. The monoisotopic (exact) mass is 230 g/mol. The zero-order valence-electron chi connectivity index (χ0n) is 10.0. The van der Waals surface area contributed by atoms with E-state index in [1.807, 2.05) is 13.8 Å². The van der Waals surface area contributed by atoms with Crippen molar-refractivity contribution in [3.05, 3.63) is 34.3 Å². The summed E-state index contributed by atoms with van der Waals surface area (Å²) in [6, 6.07) is 0. The molecule has 1 heterocycles. The van der Waals surface area contributed by atoms with Crippen LogP contribution in [0, 0.1) is 12.8 Å². The van der Waals surface area contributed by atoms with Gasteiger partial charge in [-0.2, -0.15) is 0 Å². The minimum Gasteiger partial charge on any atom is -0.460 e. The van der Waals surface area contributed by atoms with E-state index in [1.165, 1.54) is 6.26 Å². The first-order valence-corrected chi connectivity index (χ1v) is 6.01. The van der Waals surface area contributed by atoms with Crippen LogP contribution < -0.4 is 0 Å². The first-order valence-electron chi connectivity index (χ1n) is 6.01. The Morgan fingerprint density at radius 3 is 2.82 bits per heavy atom. The Kier molecular flexibility index (Phi) is 2.12. The number of furan rings is 1. The van der Waals surface area contributed by atoms with Crippen molar-refractivity contribution in [1.82, 2.24) is 0 Å². The number of fused-ring (bicyclic) bond motifs is 1. The van der Waals surface area contributed by atoms with Crippen molar-refractivity contribution in [3.8, 4) is 0 Å². The molecule has 0 amide bonds. The predicted octanol–water partition coefficient (Wildman–Crippen LogP) is 3.08. The van der Waals surface area contributed by atoms with Gasteiger partial charge >= 0.3 is 0 Å². The molecule has 17 heavy (non-hydrogen) atoms. The van der Waals surface area contributed by atoms with Gasteiger partial charge in [0.05, 0.1) is 11.8 Å². The topological polar surface area (TPSA) is 47.3 Å². The highest BCUT2D eigenvalue weighted by Gasteiger charge is 2.39. The Hall–Kier alpha value is -1.64. The molecule has 0 fully saturated rings. The van der Waals surface area contributed by atoms with Crippen LogP contribution in [0.15, 0.2) is 21.8 Å². The van der Waals surface area contributed by atoms with Crippen molar-refractivity contribution in [2.24, 2.45) is 5.92 Å². The number of carbonyl (C=O) groups is 2. The van der Waals surface area contributed by atoms with E-state index >= 15 is 0 Å². The summed E-state index contributed by atoms with van der Waals surface area (Å²) in [5.41, 5.74) is 2.68. The number of Topliss-reactive ketones (excluding diaryl/α,β-unsaturated/α-hetero) is 2. The maximum atomic E-state index is 12.4. The van der Waals surface area contributed by atoms with Crippen molar-refractivity contribution in [2.45, 2.75) is 33.1 Å². The summed E-state index contributed by atoms with van der Waals surface area (Å²) in [7, 11) is 0. The minimum absolute atomic E-state index is 0.00745. The second-order valence-electron chi connectivity index (χ2n) is 4.97. The Bertz CT molecular complexity index is 560. The third kappa shape index (κ3) is 1.28. The van der Waals surface area contributed by atoms with Gasteiger partial charge in [0.15, 0.2) is 11.5 Å². The molecule has 0 aromatic carbocycles. The van der Waals surface area contributed by atoms with E-state index in [0.717, 1.165) is 24.0 Å². The van der Waals surface area contributed by atoms with E-state index in [4.69, 9.17) is 4.42 Å². The molecule has 0 aliphatic heterocycles. The number of hydrogen-bond acceptors (Lipinski definition) is 3. The molecule has 3 nitrogen and oxygen atoms in total. The van der Waals surface area contributed by atoms with Gasteiger partial charge in [-0.05, 0) is 37.7 Å². The number of hydrogen-bond donors (Lipinski definition) is 0. The molecule has 2 aliphatic carbocycles. The summed E-state index contributed by atoms with van der Waals surface area (Å²) in [5, 5.41) is 0. The number of ketones is 2. The number of carbonyl (C=O) groups excluding carboxylic acids is 2. The largest absolute Gasteiger partial charge is 0.460 e. The summed E-state index contributed by atoms with van der Waals surface area (Å²) in [6.45, 7) is 3.84. The lowest BCUT2D eigenvalue weighted by atomic mass is 9.74. The predicted molar refractivity (Wildman–Crippen MR) is 62.1 cm³/mol. The van der Waals surface area contributed by atoms with Crippen LogP contribution in [0.1, 0.15) is 52.7 Å². The molecule has 0 unspecified atom stereocenters. The van der Waals surface area contributed by atoms with Crippen LogP contribution in [-0.4, -0.2) is 11.6 Å². The SMILES string of the molecule is Cc1coc2c1C(=O)C1=C(CCC[C@@H]1C)C2=O. The maximum Gasteiger partial charge on any atom is 0.225 e. The number of aryl methyl sites for hydroxylation is 1. The Morgan fingerprint density at radius 2 is 2.06 bits per heavy atom. The average Bonchev–Trinajstić information content (AvgIpc) is 2.68. The Labute approximate surface area is 99.5 Å². The van der Waals surface area contributed by atoms with Crippen molar-refractivity contribution in [2.75, 3.05) is 0 Å². The molecule has 1 aromatic rings. The van der Waals surface area contributed by atoms with Crippen molar-refractivity contribution in [1.29, 1.82) is 0 Å². The van der Waals surface area contributed by atoms with E-state index in [0.29, 0.717) is 17.6 Å². The molecule has 3 heteroatoms. The van der Waals surface area contributed by atoms with Gasteiger partial charge in [-0.25, -0.2) is 0 Å². The fraction of sp³-hybridized carbons (Fsp3) is 0.429. The van der Waals surface area contributed by atoms with Crippen LogP contribution in [0.2, 0.25) is 0 Å². The fourth-order valence-electron chi connectivity index (χ4n) is 2.92. The van der Waals surface area contributed by atoms with E-state index in [1.54, 1.807) is 0 Å². The van der Waals surface area contributed by atoms with Gasteiger partial charge < -0.3 is 4.42 Å². The van der Waals surface area contributed by atoms with Gasteiger partial charge in [0.1, 0.15) is 0 Å². The lowest BCUT2D eigenvalue weighted by molar-refractivity contribution is 0.0938. The highest BCUT2D eigenvalue weighted by atomic mass is 16.3. The van der Waals surface area contributed by atoms with Crippen LogP contribution in [0.3, 0.4) is 0 Å². The van der Waals surface area contributed by atoms with Gasteiger partial charge in [0.2, 0.25) is 5.78 Å². The molecule has 0 saturated carbocycles. The van der Waals surface area contributed by atoms with Gasteiger partial charge in [-0.1, -0.05) is 6.92 Å². The Morgan fingerprint density at radius 1 is 1.29 bits per heavy atom. The van der Waals surface area contributed by atoms with Crippen LogP contribution in [0.4, 0.5) is 0 Å². The smallest absolute Gasteiger partial charge is 0.225 e. The van der Waals surface area contributed by atoms with Gasteiger partial charge in [0, 0.05) is 11.1 Å². The molecule has 0 bridgehead atoms. The zero-order valence-corrected chi connectivity index (χ0v) is 10.0. The van der Waals surface area contributed by atoms with E-state index in [2.05, 4.69) is 0 Å². The standard InChI is InChI=1S/C14H14O3/c1-7-4-3-5-9-10(7)13(16)11-8(2)6-17-14(11)12(9)15/h6-7H,3-5H2,1-2H3/t7-/m0/s1. The van der Waals surface area contributed by atoms with Gasteiger partial charge in [-0.3, -0.25) is 9.59 Å².